The van der Waals surface area contributed by atoms with Crippen LogP contribution >= 0.6 is 0 Å². The first-order chi connectivity index (χ1) is 18.7. The van der Waals surface area contributed by atoms with Crippen molar-refractivity contribution in [3.05, 3.63) is 85.2 Å². The van der Waals surface area contributed by atoms with Gasteiger partial charge in [0, 0.05) is 24.1 Å². The lowest BCUT2D eigenvalue weighted by Gasteiger charge is -2.22. The average molecular weight is 538 g/mol. The molecule has 0 heterocycles. The summed E-state index contributed by atoms with van der Waals surface area (Å²) in [5, 5.41) is 3.08. The summed E-state index contributed by atoms with van der Waals surface area (Å²) in [7, 11) is 0. The van der Waals surface area contributed by atoms with E-state index in [0.29, 0.717) is 24.5 Å². The first kappa shape index (κ1) is 35.8. The van der Waals surface area contributed by atoms with Crippen LogP contribution < -0.4 is 5.32 Å². The summed E-state index contributed by atoms with van der Waals surface area (Å²) < 4.78 is 4.84. The number of Topliss-reactive ketones (excluding diaryl/α,β-unsaturated/α-hetero) is 1. The Hall–Kier alpha value is -3.21. The minimum absolute atomic E-state index is 0.100. The van der Waals surface area contributed by atoms with Crippen LogP contribution in [0.4, 0.5) is 0 Å². The highest BCUT2D eigenvalue weighted by Gasteiger charge is 2.22. The van der Waals surface area contributed by atoms with Gasteiger partial charge in [-0.2, -0.15) is 0 Å². The van der Waals surface area contributed by atoms with E-state index in [2.05, 4.69) is 73.5 Å². The molecule has 0 amide bonds. The van der Waals surface area contributed by atoms with Crippen molar-refractivity contribution in [1.29, 1.82) is 0 Å². The molecular weight excluding hydrogens is 486 g/mol. The molecule has 0 rings (SSSR count). The highest BCUT2D eigenvalue weighted by molar-refractivity contribution is 5.92. The number of unbranched alkanes of at least 4 members (excludes halogenated alkanes) is 1. The number of ketones is 1. The Labute approximate surface area is 237 Å². The molecule has 0 radical (unpaired) electrons. The van der Waals surface area contributed by atoms with Gasteiger partial charge in [-0.05, 0) is 63.4 Å². The molecule has 0 saturated heterocycles. The van der Waals surface area contributed by atoms with E-state index in [1.54, 1.807) is 0 Å². The van der Waals surface area contributed by atoms with Gasteiger partial charge in [0.15, 0.2) is 5.78 Å². The molecule has 0 spiro atoms. The van der Waals surface area contributed by atoms with Gasteiger partial charge in [0.05, 0.1) is 6.04 Å². The highest BCUT2D eigenvalue weighted by Crippen LogP contribution is 2.12. The number of rotatable bonds is 21. The van der Waals surface area contributed by atoms with Gasteiger partial charge >= 0.3 is 11.9 Å². The third-order valence-electron chi connectivity index (χ3n) is 5.52. The fourth-order valence-electron chi connectivity index (χ4n) is 3.49. The Morgan fingerprint density at radius 2 is 1.28 bits per heavy atom. The third kappa shape index (κ3) is 22.5. The van der Waals surface area contributed by atoms with Gasteiger partial charge in [-0.15, -0.1) is 0 Å². The van der Waals surface area contributed by atoms with E-state index in [1.165, 1.54) is 6.08 Å². The predicted octanol–water partition coefficient (Wildman–Crippen LogP) is 8.28. The van der Waals surface area contributed by atoms with E-state index in [9.17, 15) is 14.4 Å². The first-order valence-corrected chi connectivity index (χ1v) is 14.3. The standard InChI is InChI=1S/C34H51NO4/c1-7-8-9-10-11-12-13-14-15-16-17-18-19-20-21-22-23-24-32(36)39-33(37)26-25-30(6)35-31(27-28(2)3)34(38)29(4)5/h8-9,11-12,14-15,17-18,20-21,25-26,28-29,31,35H,6-7,10,13,16,19,22-24,27H2,1-5H3/b9-8-,12-11-,15-14-,18-17-,21-20-,26-25+/t31-/m0/s1. The Balaban J connectivity index is 4.10. The van der Waals surface area contributed by atoms with E-state index in [0.717, 1.165) is 44.6 Å². The second kappa shape index (κ2) is 23.9. The van der Waals surface area contributed by atoms with Gasteiger partial charge in [-0.25, -0.2) is 4.79 Å². The maximum atomic E-state index is 12.4. The molecule has 5 nitrogen and oxygen atoms in total. The van der Waals surface area contributed by atoms with E-state index in [-0.39, 0.29) is 24.2 Å². The summed E-state index contributed by atoms with van der Waals surface area (Å²) in [4.78, 5) is 36.3. The van der Waals surface area contributed by atoms with Crippen molar-refractivity contribution >= 4 is 17.7 Å². The molecule has 0 fully saturated rings. The van der Waals surface area contributed by atoms with Crippen molar-refractivity contribution in [3.8, 4) is 0 Å². The lowest BCUT2D eigenvalue weighted by atomic mass is 9.94. The molecule has 0 bridgehead atoms. The van der Waals surface area contributed by atoms with Gasteiger partial charge in [0.25, 0.3) is 0 Å². The SMILES string of the molecule is C=C(/C=C/C(=O)OC(=O)CCC/C=C\C/C=C\C/C=C\C/C=C\C/C=C\CC)N[C@@H](CC(C)C)C(=O)C(C)C. The Morgan fingerprint density at radius 3 is 1.77 bits per heavy atom. The monoisotopic (exact) mass is 537 g/mol. The second-order valence-electron chi connectivity index (χ2n) is 10.1. The van der Waals surface area contributed by atoms with Crippen LogP contribution in [0.1, 0.15) is 92.4 Å². The van der Waals surface area contributed by atoms with Gasteiger partial charge < -0.3 is 10.1 Å². The molecule has 1 atom stereocenters. The molecule has 0 aromatic heterocycles. The highest BCUT2D eigenvalue weighted by atomic mass is 16.6. The van der Waals surface area contributed by atoms with Crippen molar-refractivity contribution in [2.24, 2.45) is 11.8 Å². The van der Waals surface area contributed by atoms with Crippen LogP contribution in [0.5, 0.6) is 0 Å². The largest absolute Gasteiger partial charge is 0.390 e. The van der Waals surface area contributed by atoms with Crippen LogP contribution in [0.25, 0.3) is 0 Å². The molecule has 5 heteroatoms. The third-order valence-corrected chi connectivity index (χ3v) is 5.52. The number of carbonyl (C=O) groups is 3. The van der Waals surface area contributed by atoms with E-state index >= 15 is 0 Å². The van der Waals surface area contributed by atoms with Crippen LogP contribution in [0.2, 0.25) is 0 Å². The quantitative estimate of drug-likeness (QED) is 0.0398. The summed E-state index contributed by atoms with van der Waals surface area (Å²) in [5.41, 5.74) is 0.428. The van der Waals surface area contributed by atoms with Gasteiger partial charge in [0.1, 0.15) is 0 Å². The first-order valence-electron chi connectivity index (χ1n) is 14.3. The molecule has 0 aliphatic rings. The predicted molar refractivity (Wildman–Crippen MR) is 164 cm³/mol. The molecule has 1 N–H and O–H groups in total. The van der Waals surface area contributed by atoms with E-state index < -0.39 is 11.9 Å². The Kier molecular flexibility index (Phi) is 21.9. The Morgan fingerprint density at radius 1 is 0.769 bits per heavy atom. The van der Waals surface area contributed by atoms with Crippen molar-refractivity contribution in [2.75, 3.05) is 0 Å². The molecule has 39 heavy (non-hydrogen) atoms. The van der Waals surface area contributed by atoms with E-state index in [4.69, 9.17) is 4.74 Å². The number of hydrogen-bond donors (Lipinski definition) is 1. The smallest absolute Gasteiger partial charge is 0.338 e. The summed E-state index contributed by atoms with van der Waals surface area (Å²) in [6, 6.07) is -0.365. The normalized spacial score (nSPS) is 13.3. The van der Waals surface area contributed by atoms with Crippen LogP contribution in [0.15, 0.2) is 85.2 Å². The van der Waals surface area contributed by atoms with Crippen molar-refractivity contribution in [2.45, 2.75) is 98.4 Å². The number of allylic oxidation sites excluding steroid dienone is 11. The minimum Gasteiger partial charge on any atom is -0.390 e. The zero-order chi connectivity index (χ0) is 29.3. The van der Waals surface area contributed by atoms with E-state index in [1.807, 2.05) is 33.8 Å². The number of ether oxygens (including phenoxy) is 1. The maximum Gasteiger partial charge on any atom is 0.338 e. The van der Waals surface area contributed by atoms with Crippen LogP contribution in [-0.2, 0) is 19.1 Å². The minimum atomic E-state index is -0.742. The van der Waals surface area contributed by atoms with Crippen LogP contribution in [0.3, 0.4) is 0 Å². The molecule has 0 saturated carbocycles. The molecule has 0 unspecified atom stereocenters. The average Bonchev–Trinajstić information content (AvgIpc) is 2.88. The molecule has 0 aromatic carbocycles. The summed E-state index contributed by atoms with van der Waals surface area (Å²) >= 11 is 0. The summed E-state index contributed by atoms with van der Waals surface area (Å²) in [5.74, 6) is -0.963. The molecule has 0 aliphatic carbocycles. The van der Waals surface area contributed by atoms with Gasteiger partial charge in [0.2, 0.25) is 0 Å². The van der Waals surface area contributed by atoms with Crippen LogP contribution in [-0.4, -0.2) is 23.8 Å². The zero-order valence-electron chi connectivity index (χ0n) is 24.9. The molecule has 0 aromatic rings. The van der Waals surface area contributed by atoms with Crippen molar-refractivity contribution in [3.63, 3.8) is 0 Å². The number of hydrogen-bond acceptors (Lipinski definition) is 5. The molecular formula is C34H51NO4. The number of carbonyl (C=O) groups excluding carboxylic acids is 3. The molecule has 0 aliphatic heterocycles. The van der Waals surface area contributed by atoms with Gasteiger partial charge in [-0.1, -0.05) is 102 Å². The topological polar surface area (TPSA) is 72.5 Å². The summed E-state index contributed by atoms with van der Waals surface area (Å²) in [6.07, 6.45) is 31.1. The van der Waals surface area contributed by atoms with Gasteiger partial charge in [-0.3, -0.25) is 9.59 Å². The maximum absolute atomic E-state index is 12.4. The van der Waals surface area contributed by atoms with Crippen LogP contribution in [0, 0.1) is 11.8 Å². The Bertz CT molecular complexity index is 900. The number of esters is 2. The molecule has 216 valence electrons. The zero-order valence-corrected chi connectivity index (χ0v) is 24.9. The van der Waals surface area contributed by atoms with Crippen molar-refractivity contribution in [1.82, 2.24) is 5.32 Å². The lowest BCUT2D eigenvalue weighted by molar-refractivity contribution is -0.156. The lowest BCUT2D eigenvalue weighted by Crippen LogP contribution is -2.39. The second-order valence-corrected chi connectivity index (χ2v) is 10.1. The van der Waals surface area contributed by atoms with Crippen molar-refractivity contribution < 1.29 is 19.1 Å². The fraction of sp³-hybridized carbons (Fsp3) is 0.500. The number of nitrogens with one attached hydrogen (secondary N) is 1. The fourth-order valence-corrected chi connectivity index (χ4v) is 3.49. The summed E-state index contributed by atoms with van der Waals surface area (Å²) in [6.45, 7) is 13.8.